The van der Waals surface area contributed by atoms with E-state index in [-0.39, 0.29) is 5.41 Å². The van der Waals surface area contributed by atoms with Crippen LogP contribution in [0.1, 0.15) is 19.3 Å². The van der Waals surface area contributed by atoms with Gasteiger partial charge in [-0.3, -0.25) is 0 Å². The van der Waals surface area contributed by atoms with Gasteiger partial charge in [0.1, 0.15) is 5.75 Å². The highest BCUT2D eigenvalue weighted by Crippen LogP contribution is 2.48. The Bertz CT molecular complexity index is 449. The molecule has 0 unspecified atom stereocenters. The highest BCUT2D eigenvalue weighted by Gasteiger charge is 2.42. The maximum atomic E-state index is 8.75. The van der Waals surface area contributed by atoms with Gasteiger partial charge in [-0.1, -0.05) is 0 Å². The van der Waals surface area contributed by atoms with Gasteiger partial charge in [0.15, 0.2) is 0 Å². The molecule has 0 aromatic heterocycles. The minimum absolute atomic E-state index is 0.223. The van der Waals surface area contributed by atoms with E-state index in [0.717, 1.165) is 35.3 Å². The van der Waals surface area contributed by atoms with Gasteiger partial charge in [-0.05, 0) is 47.0 Å². The van der Waals surface area contributed by atoms with Crippen LogP contribution in [0, 0.1) is 16.7 Å². The standard InChI is InChI=1S/C13H15BrN2O/c1-17-12-3-2-10(8-11(12)14)16-9-13(4-5-13)6-7-15/h2-3,8,16H,4-6,9H2,1H3. The molecule has 1 saturated carbocycles. The highest BCUT2D eigenvalue weighted by atomic mass is 79.9. The van der Waals surface area contributed by atoms with E-state index in [0.29, 0.717) is 6.42 Å². The third-order valence-corrected chi connectivity index (χ3v) is 3.85. The number of nitriles is 1. The summed E-state index contributed by atoms with van der Waals surface area (Å²) in [6, 6.07) is 8.19. The molecule has 1 aliphatic rings. The second-order valence-corrected chi connectivity index (χ2v) is 5.39. The summed E-state index contributed by atoms with van der Waals surface area (Å²) in [7, 11) is 1.65. The molecular weight excluding hydrogens is 280 g/mol. The average Bonchev–Trinajstić information content (AvgIpc) is 3.08. The second-order valence-electron chi connectivity index (χ2n) is 4.54. The van der Waals surface area contributed by atoms with Crippen molar-refractivity contribution in [2.75, 3.05) is 19.0 Å². The van der Waals surface area contributed by atoms with Crippen LogP contribution in [0.4, 0.5) is 5.69 Å². The van der Waals surface area contributed by atoms with Gasteiger partial charge in [0.25, 0.3) is 0 Å². The van der Waals surface area contributed by atoms with Crippen LogP contribution in [0.5, 0.6) is 5.75 Å². The summed E-state index contributed by atoms with van der Waals surface area (Å²) in [6.07, 6.45) is 2.97. The van der Waals surface area contributed by atoms with E-state index in [2.05, 4.69) is 27.3 Å². The summed E-state index contributed by atoms with van der Waals surface area (Å²) in [5, 5.41) is 12.1. The van der Waals surface area contributed by atoms with Gasteiger partial charge in [-0.15, -0.1) is 0 Å². The lowest BCUT2D eigenvalue weighted by molar-refractivity contribution is 0.412. The van der Waals surface area contributed by atoms with E-state index in [1.807, 2.05) is 18.2 Å². The zero-order chi connectivity index (χ0) is 12.3. The Morgan fingerprint density at radius 1 is 1.53 bits per heavy atom. The van der Waals surface area contributed by atoms with Crippen molar-refractivity contribution in [2.24, 2.45) is 5.41 Å². The van der Waals surface area contributed by atoms with Crippen LogP contribution in [0.15, 0.2) is 22.7 Å². The number of benzene rings is 1. The lowest BCUT2D eigenvalue weighted by Crippen LogP contribution is -2.14. The van der Waals surface area contributed by atoms with Crippen molar-refractivity contribution in [3.05, 3.63) is 22.7 Å². The highest BCUT2D eigenvalue weighted by molar-refractivity contribution is 9.10. The van der Waals surface area contributed by atoms with E-state index < -0.39 is 0 Å². The molecule has 0 atom stereocenters. The van der Waals surface area contributed by atoms with Gasteiger partial charge in [0.2, 0.25) is 0 Å². The molecule has 4 heteroatoms. The zero-order valence-corrected chi connectivity index (χ0v) is 11.4. The van der Waals surface area contributed by atoms with E-state index in [1.165, 1.54) is 0 Å². The van der Waals surface area contributed by atoms with Gasteiger partial charge in [0.05, 0.1) is 17.7 Å². The molecule has 0 spiro atoms. The summed E-state index contributed by atoms with van der Waals surface area (Å²) < 4.78 is 6.12. The van der Waals surface area contributed by atoms with Crippen molar-refractivity contribution in [2.45, 2.75) is 19.3 Å². The third-order valence-electron chi connectivity index (χ3n) is 3.23. The number of nitrogens with one attached hydrogen (secondary N) is 1. The van der Waals surface area contributed by atoms with E-state index in [4.69, 9.17) is 10.00 Å². The summed E-state index contributed by atoms with van der Waals surface area (Å²) in [5.41, 5.74) is 1.28. The van der Waals surface area contributed by atoms with Gasteiger partial charge in [-0.2, -0.15) is 5.26 Å². The van der Waals surface area contributed by atoms with Crippen LogP contribution in [0.3, 0.4) is 0 Å². The molecular formula is C13H15BrN2O. The van der Waals surface area contributed by atoms with Crippen molar-refractivity contribution >= 4 is 21.6 Å². The minimum Gasteiger partial charge on any atom is -0.496 e. The predicted octanol–water partition coefficient (Wildman–Crippen LogP) is 3.56. The quantitative estimate of drug-likeness (QED) is 0.903. The summed E-state index contributed by atoms with van der Waals surface area (Å²) in [4.78, 5) is 0. The van der Waals surface area contributed by atoms with Gasteiger partial charge < -0.3 is 10.1 Å². The first kappa shape index (κ1) is 12.3. The Kier molecular flexibility index (Phi) is 3.58. The number of anilines is 1. The second kappa shape index (κ2) is 4.97. The Hall–Kier alpha value is -1.21. The molecule has 90 valence electrons. The number of nitrogens with zero attached hydrogens (tertiary/aromatic N) is 1. The number of ether oxygens (including phenoxy) is 1. The molecule has 0 heterocycles. The van der Waals surface area contributed by atoms with Gasteiger partial charge in [-0.25, -0.2) is 0 Å². The van der Waals surface area contributed by atoms with Crippen LogP contribution in [-0.4, -0.2) is 13.7 Å². The van der Waals surface area contributed by atoms with Crippen LogP contribution in [-0.2, 0) is 0 Å². The SMILES string of the molecule is COc1ccc(NCC2(CC#N)CC2)cc1Br. The van der Waals surface area contributed by atoms with E-state index >= 15 is 0 Å². The molecule has 1 aliphatic carbocycles. The van der Waals surface area contributed by atoms with Crippen LogP contribution >= 0.6 is 15.9 Å². The molecule has 1 fully saturated rings. The molecule has 1 N–H and O–H groups in total. The molecule has 0 amide bonds. The molecule has 3 nitrogen and oxygen atoms in total. The zero-order valence-electron chi connectivity index (χ0n) is 9.79. The maximum Gasteiger partial charge on any atom is 0.133 e. The van der Waals surface area contributed by atoms with Crippen molar-refractivity contribution in [1.82, 2.24) is 0 Å². The maximum absolute atomic E-state index is 8.75. The van der Waals surface area contributed by atoms with Crippen LogP contribution in [0.25, 0.3) is 0 Å². The minimum atomic E-state index is 0.223. The van der Waals surface area contributed by atoms with Gasteiger partial charge >= 0.3 is 0 Å². The molecule has 0 aliphatic heterocycles. The largest absolute Gasteiger partial charge is 0.496 e. The van der Waals surface area contributed by atoms with E-state index in [9.17, 15) is 0 Å². The fourth-order valence-corrected chi connectivity index (χ4v) is 2.37. The Balaban J connectivity index is 1.96. The Morgan fingerprint density at radius 3 is 2.82 bits per heavy atom. The number of halogens is 1. The number of hydrogen-bond donors (Lipinski definition) is 1. The molecule has 1 aromatic carbocycles. The molecule has 0 radical (unpaired) electrons. The summed E-state index contributed by atoms with van der Waals surface area (Å²) >= 11 is 3.46. The van der Waals surface area contributed by atoms with Crippen molar-refractivity contribution in [1.29, 1.82) is 5.26 Å². The molecule has 0 saturated heterocycles. The van der Waals surface area contributed by atoms with Crippen LogP contribution in [0.2, 0.25) is 0 Å². The molecule has 0 bridgehead atoms. The smallest absolute Gasteiger partial charge is 0.133 e. The fourth-order valence-electron chi connectivity index (χ4n) is 1.83. The summed E-state index contributed by atoms with van der Waals surface area (Å²) in [5.74, 6) is 0.828. The Labute approximate surface area is 110 Å². The number of hydrogen-bond acceptors (Lipinski definition) is 3. The average molecular weight is 295 g/mol. The fraction of sp³-hybridized carbons (Fsp3) is 0.462. The summed E-state index contributed by atoms with van der Waals surface area (Å²) in [6.45, 7) is 0.874. The van der Waals surface area contributed by atoms with Gasteiger partial charge in [0, 0.05) is 24.1 Å². The predicted molar refractivity (Wildman–Crippen MR) is 71.1 cm³/mol. The van der Waals surface area contributed by atoms with Crippen molar-refractivity contribution < 1.29 is 4.74 Å². The molecule has 2 rings (SSSR count). The van der Waals surface area contributed by atoms with E-state index in [1.54, 1.807) is 7.11 Å². The Morgan fingerprint density at radius 2 is 2.29 bits per heavy atom. The first-order chi connectivity index (χ1) is 8.19. The molecule has 1 aromatic rings. The number of rotatable bonds is 5. The van der Waals surface area contributed by atoms with Crippen LogP contribution < -0.4 is 10.1 Å². The third kappa shape index (κ3) is 2.92. The van der Waals surface area contributed by atoms with Crippen molar-refractivity contribution in [3.63, 3.8) is 0 Å². The van der Waals surface area contributed by atoms with Crippen molar-refractivity contribution in [3.8, 4) is 11.8 Å². The first-order valence-corrected chi connectivity index (χ1v) is 6.43. The molecule has 17 heavy (non-hydrogen) atoms. The first-order valence-electron chi connectivity index (χ1n) is 5.63. The topological polar surface area (TPSA) is 45.0 Å². The number of methoxy groups -OCH3 is 1. The monoisotopic (exact) mass is 294 g/mol. The lowest BCUT2D eigenvalue weighted by Gasteiger charge is -2.14. The normalized spacial score (nSPS) is 16.1. The lowest BCUT2D eigenvalue weighted by atomic mass is 10.0.